The number of hydrogen-bond donors (Lipinski definition) is 0. The number of benzene rings is 1. The molecule has 1 saturated heterocycles. The minimum atomic E-state index is -0.955. The first-order valence-corrected chi connectivity index (χ1v) is 9.24. The zero-order valence-electron chi connectivity index (χ0n) is 16.8. The Labute approximate surface area is 165 Å². The highest BCUT2D eigenvalue weighted by atomic mass is 16.6. The molecule has 2 rings (SSSR count). The average molecular weight is 392 g/mol. The molecule has 0 spiro atoms. The van der Waals surface area contributed by atoms with Crippen molar-refractivity contribution in [2.45, 2.75) is 45.4 Å². The molecule has 8 heteroatoms. The van der Waals surface area contributed by atoms with Gasteiger partial charge in [-0.05, 0) is 32.8 Å². The quantitative estimate of drug-likeness (QED) is 0.581. The number of amides is 2. The van der Waals surface area contributed by atoms with Gasteiger partial charge in [0, 0.05) is 13.1 Å². The summed E-state index contributed by atoms with van der Waals surface area (Å²) < 4.78 is 15.6. The van der Waals surface area contributed by atoms with Gasteiger partial charge < -0.3 is 19.1 Å². The largest absolute Gasteiger partial charge is 0.467 e. The van der Waals surface area contributed by atoms with E-state index >= 15 is 0 Å². The van der Waals surface area contributed by atoms with Crippen LogP contribution in [0.3, 0.4) is 0 Å². The summed E-state index contributed by atoms with van der Waals surface area (Å²) in [6, 6.07) is 8.31. The molecule has 1 heterocycles. The second kappa shape index (κ2) is 9.43. The fraction of sp³-hybridized carbons (Fsp3) is 0.550. The number of ether oxygens (including phenoxy) is 3. The Kier molecular flexibility index (Phi) is 7.25. The molecule has 0 saturated carbocycles. The molecule has 1 unspecified atom stereocenters. The normalized spacial score (nSPS) is 17.5. The van der Waals surface area contributed by atoms with E-state index in [4.69, 9.17) is 14.2 Å². The Morgan fingerprint density at radius 1 is 1.07 bits per heavy atom. The van der Waals surface area contributed by atoms with Crippen molar-refractivity contribution in [3.8, 4) is 0 Å². The van der Waals surface area contributed by atoms with Gasteiger partial charge in [0.05, 0.1) is 13.7 Å². The fourth-order valence-electron chi connectivity index (χ4n) is 2.84. The molecule has 1 aromatic rings. The van der Waals surface area contributed by atoms with Gasteiger partial charge in [0.15, 0.2) is 6.04 Å². The smallest absolute Gasteiger partial charge is 0.410 e. The lowest BCUT2D eigenvalue weighted by molar-refractivity contribution is -0.146. The van der Waals surface area contributed by atoms with Crippen molar-refractivity contribution in [2.24, 2.45) is 0 Å². The number of hydrogen-bond acceptors (Lipinski definition) is 6. The fourth-order valence-corrected chi connectivity index (χ4v) is 2.84. The van der Waals surface area contributed by atoms with E-state index in [1.54, 1.807) is 20.8 Å². The van der Waals surface area contributed by atoms with Crippen molar-refractivity contribution >= 4 is 18.2 Å². The standard InChI is InChI=1S/C20H28N2O6/c1-20(2,3)28-18(24)21-11-8-12-22(16(13-21)17(23)26-4)19(25)27-14-15-9-6-5-7-10-15/h5-7,9-10,16H,8,11-14H2,1-4H3. The van der Waals surface area contributed by atoms with Gasteiger partial charge in [-0.25, -0.2) is 14.4 Å². The first-order chi connectivity index (χ1) is 13.2. The molecule has 28 heavy (non-hydrogen) atoms. The summed E-state index contributed by atoms with van der Waals surface area (Å²) in [4.78, 5) is 40.1. The lowest BCUT2D eigenvalue weighted by atomic mass is 10.2. The third kappa shape index (κ3) is 6.14. The summed E-state index contributed by atoms with van der Waals surface area (Å²) in [5, 5.41) is 0. The van der Waals surface area contributed by atoms with Crippen LogP contribution < -0.4 is 0 Å². The van der Waals surface area contributed by atoms with Crippen molar-refractivity contribution in [1.82, 2.24) is 9.80 Å². The maximum atomic E-state index is 12.6. The van der Waals surface area contributed by atoms with Gasteiger partial charge in [-0.1, -0.05) is 30.3 Å². The predicted octanol–water partition coefficient (Wildman–Crippen LogP) is 2.81. The van der Waals surface area contributed by atoms with Crippen molar-refractivity contribution in [3.05, 3.63) is 35.9 Å². The van der Waals surface area contributed by atoms with Crippen LogP contribution >= 0.6 is 0 Å². The molecule has 0 bridgehead atoms. The summed E-state index contributed by atoms with van der Waals surface area (Å²) in [6.45, 7) is 6.04. The van der Waals surface area contributed by atoms with Crippen molar-refractivity contribution in [2.75, 3.05) is 26.7 Å². The van der Waals surface area contributed by atoms with E-state index in [2.05, 4.69) is 0 Å². The molecule has 0 radical (unpaired) electrons. The Balaban J connectivity index is 2.09. The first-order valence-electron chi connectivity index (χ1n) is 9.24. The van der Waals surface area contributed by atoms with Gasteiger partial charge in [-0.15, -0.1) is 0 Å². The minimum absolute atomic E-state index is 0.0119. The van der Waals surface area contributed by atoms with E-state index in [1.165, 1.54) is 16.9 Å². The molecule has 0 aromatic heterocycles. The second-order valence-corrected chi connectivity index (χ2v) is 7.55. The molecular weight excluding hydrogens is 364 g/mol. The number of carbonyl (C=O) groups is 3. The SMILES string of the molecule is COC(=O)C1CN(C(=O)OC(C)(C)C)CCCN1C(=O)OCc1ccccc1. The monoisotopic (exact) mass is 392 g/mol. The molecule has 1 aliphatic heterocycles. The van der Waals surface area contributed by atoms with Gasteiger partial charge in [0.2, 0.25) is 0 Å². The highest BCUT2D eigenvalue weighted by Gasteiger charge is 2.37. The summed E-state index contributed by atoms with van der Waals surface area (Å²) in [5.41, 5.74) is 0.189. The number of carbonyl (C=O) groups excluding carboxylic acids is 3. The van der Waals surface area contributed by atoms with E-state index in [0.29, 0.717) is 13.0 Å². The third-order valence-corrected chi connectivity index (χ3v) is 4.16. The lowest BCUT2D eigenvalue weighted by Gasteiger charge is -2.30. The highest BCUT2D eigenvalue weighted by molar-refractivity contribution is 5.82. The molecular formula is C20H28N2O6. The van der Waals surface area contributed by atoms with Gasteiger partial charge in [-0.3, -0.25) is 4.90 Å². The van der Waals surface area contributed by atoms with Crippen LogP contribution in [0.15, 0.2) is 30.3 Å². The third-order valence-electron chi connectivity index (χ3n) is 4.16. The molecule has 1 atom stereocenters. The number of rotatable bonds is 3. The number of esters is 1. The number of nitrogens with zero attached hydrogens (tertiary/aromatic N) is 2. The Hall–Kier alpha value is -2.77. The van der Waals surface area contributed by atoms with Crippen LogP contribution in [0, 0.1) is 0 Å². The van der Waals surface area contributed by atoms with Crippen molar-refractivity contribution < 1.29 is 28.6 Å². The van der Waals surface area contributed by atoms with Crippen LogP contribution in [0.1, 0.15) is 32.8 Å². The van der Waals surface area contributed by atoms with Crippen LogP contribution in [-0.2, 0) is 25.6 Å². The summed E-state index contributed by atoms with van der Waals surface area (Å²) in [5.74, 6) is -0.605. The van der Waals surface area contributed by atoms with E-state index in [9.17, 15) is 14.4 Å². The van der Waals surface area contributed by atoms with Gasteiger partial charge in [-0.2, -0.15) is 0 Å². The molecule has 1 fully saturated rings. The summed E-state index contributed by atoms with van der Waals surface area (Å²) in [6.07, 6.45) is -0.654. The van der Waals surface area contributed by atoms with Crippen LogP contribution in [0.4, 0.5) is 9.59 Å². The topological polar surface area (TPSA) is 85.4 Å². The lowest BCUT2D eigenvalue weighted by Crippen LogP contribution is -2.51. The zero-order valence-corrected chi connectivity index (χ0v) is 16.8. The number of methoxy groups -OCH3 is 1. The van der Waals surface area contributed by atoms with Gasteiger partial charge >= 0.3 is 18.2 Å². The maximum absolute atomic E-state index is 12.6. The van der Waals surface area contributed by atoms with E-state index < -0.39 is 29.8 Å². The van der Waals surface area contributed by atoms with Crippen LogP contribution in [0.25, 0.3) is 0 Å². The van der Waals surface area contributed by atoms with Gasteiger partial charge in [0.25, 0.3) is 0 Å². The Morgan fingerprint density at radius 3 is 2.36 bits per heavy atom. The molecule has 154 valence electrons. The summed E-state index contributed by atoms with van der Waals surface area (Å²) in [7, 11) is 1.25. The second-order valence-electron chi connectivity index (χ2n) is 7.55. The highest BCUT2D eigenvalue weighted by Crippen LogP contribution is 2.17. The minimum Gasteiger partial charge on any atom is -0.467 e. The van der Waals surface area contributed by atoms with Crippen molar-refractivity contribution in [3.63, 3.8) is 0 Å². The average Bonchev–Trinajstić information content (AvgIpc) is 2.88. The maximum Gasteiger partial charge on any atom is 0.410 e. The molecule has 2 amide bonds. The zero-order chi connectivity index (χ0) is 20.7. The van der Waals surface area contributed by atoms with Crippen LogP contribution in [0.5, 0.6) is 0 Å². The van der Waals surface area contributed by atoms with E-state index in [0.717, 1.165) is 5.56 Å². The predicted molar refractivity (Wildman–Crippen MR) is 102 cm³/mol. The first kappa shape index (κ1) is 21.5. The molecule has 0 N–H and O–H groups in total. The Morgan fingerprint density at radius 2 is 1.75 bits per heavy atom. The summed E-state index contributed by atoms with van der Waals surface area (Å²) >= 11 is 0. The Bertz CT molecular complexity index is 686. The van der Waals surface area contributed by atoms with Crippen molar-refractivity contribution in [1.29, 1.82) is 0 Å². The van der Waals surface area contributed by atoms with Gasteiger partial charge in [0.1, 0.15) is 12.2 Å². The van der Waals surface area contributed by atoms with E-state index in [-0.39, 0.29) is 19.7 Å². The van der Waals surface area contributed by atoms with Crippen LogP contribution in [0.2, 0.25) is 0 Å². The van der Waals surface area contributed by atoms with E-state index in [1.807, 2.05) is 30.3 Å². The molecule has 1 aliphatic rings. The molecule has 0 aliphatic carbocycles. The van der Waals surface area contributed by atoms with Crippen LogP contribution in [-0.4, -0.2) is 66.3 Å². The molecule has 1 aromatic carbocycles. The molecule has 8 nitrogen and oxygen atoms in total.